The van der Waals surface area contributed by atoms with Gasteiger partial charge in [0.2, 0.25) is 5.91 Å². The number of pyridine rings is 1. The molecule has 1 amide bonds. The van der Waals surface area contributed by atoms with E-state index in [2.05, 4.69) is 15.2 Å². The monoisotopic (exact) mass is 342 g/mol. The highest BCUT2D eigenvalue weighted by Crippen LogP contribution is 2.27. The molecule has 0 saturated carbocycles. The highest BCUT2D eigenvalue weighted by atomic mass is 16.1. The number of carbonyl (C=O) groups is 1. The molecule has 3 rings (SSSR count). The Kier molecular flexibility index (Phi) is 5.24. The highest BCUT2D eigenvalue weighted by molar-refractivity contribution is 5.76. The van der Waals surface area contributed by atoms with Crippen LogP contribution in [0.3, 0.4) is 0 Å². The molecular formula is C19H26N4O2. The number of hydrogen-bond donors (Lipinski definition) is 2. The van der Waals surface area contributed by atoms with Crippen molar-refractivity contribution >= 4 is 5.91 Å². The Hall–Kier alpha value is -2.13. The standard InChI is InChI=1S/C19H26N4O2/c1-12-14(13(2)21-19(25)15(12)11-20)6-7-18(24)22-16-8-10-23-9-4-3-5-17(16)23/h16-17H,3-10H2,1-2H3,(H,21,25)(H,22,24). The molecular weight excluding hydrogens is 316 g/mol. The number of fused-ring (bicyclic) bond motifs is 1. The molecule has 6 nitrogen and oxygen atoms in total. The average molecular weight is 342 g/mol. The van der Waals surface area contributed by atoms with E-state index >= 15 is 0 Å². The van der Waals surface area contributed by atoms with E-state index in [1.165, 1.54) is 19.3 Å². The number of H-pyrrole nitrogens is 1. The maximum absolute atomic E-state index is 12.4. The largest absolute Gasteiger partial charge is 0.352 e. The summed E-state index contributed by atoms with van der Waals surface area (Å²) in [5, 5.41) is 12.3. The fourth-order valence-electron chi connectivity index (χ4n) is 4.35. The predicted octanol–water partition coefficient (Wildman–Crippen LogP) is 1.54. The lowest BCUT2D eigenvalue weighted by Gasteiger charge is -2.32. The molecule has 2 aliphatic heterocycles. The average Bonchev–Trinajstić information content (AvgIpc) is 2.98. The van der Waals surface area contributed by atoms with E-state index in [1.807, 2.05) is 13.0 Å². The Balaban J connectivity index is 1.62. The maximum atomic E-state index is 12.4. The summed E-state index contributed by atoms with van der Waals surface area (Å²) in [7, 11) is 0. The molecule has 1 aromatic rings. The number of nitriles is 1. The molecule has 0 radical (unpaired) electrons. The van der Waals surface area contributed by atoms with E-state index in [0.717, 1.165) is 30.8 Å². The normalized spacial score (nSPS) is 23.1. The van der Waals surface area contributed by atoms with Gasteiger partial charge in [0.15, 0.2) is 0 Å². The SMILES string of the molecule is Cc1[nH]c(=O)c(C#N)c(C)c1CCC(=O)NC1CCN2CCCCC12. The van der Waals surface area contributed by atoms with Crippen molar-refractivity contribution in [3.05, 3.63) is 32.7 Å². The molecule has 2 aliphatic rings. The van der Waals surface area contributed by atoms with Crippen LogP contribution in [0.5, 0.6) is 0 Å². The third kappa shape index (κ3) is 3.62. The second-order valence-electron chi connectivity index (χ2n) is 7.23. The summed E-state index contributed by atoms with van der Waals surface area (Å²) in [5.74, 6) is 0.0564. The zero-order valence-corrected chi connectivity index (χ0v) is 15.0. The lowest BCUT2D eigenvalue weighted by atomic mass is 9.97. The van der Waals surface area contributed by atoms with Gasteiger partial charge in [0.05, 0.1) is 0 Å². The summed E-state index contributed by atoms with van der Waals surface area (Å²) >= 11 is 0. The van der Waals surface area contributed by atoms with Crippen LogP contribution in [0.1, 0.15) is 54.5 Å². The van der Waals surface area contributed by atoms with Crippen LogP contribution in [0.4, 0.5) is 0 Å². The first-order chi connectivity index (χ1) is 12.0. The smallest absolute Gasteiger partial charge is 0.266 e. The number of rotatable bonds is 4. The minimum Gasteiger partial charge on any atom is -0.352 e. The van der Waals surface area contributed by atoms with E-state index in [1.54, 1.807) is 6.92 Å². The molecule has 6 heteroatoms. The summed E-state index contributed by atoms with van der Waals surface area (Å²) in [5.41, 5.74) is 2.13. The fourth-order valence-corrected chi connectivity index (χ4v) is 4.35. The molecule has 2 atom stereocenters. The zero-order valence-electron chi connectivity index (χ0n) is 15.0. The van der Waals surface area contributed by atoms with Crippen LogP contribution < -0.4 is 10.9 Å². The van der Waals surface area contributed by atoms with Gasteiger partial charge in [-0.2, -0.15) is 5.26 Å². The van der Waals surface area contributed by atoms with E-state index in [9.17, 15) is 9.59 Å². The molecule has 2 N–H and O–H groups in total. The topological polar surface area (TPSA) is 89.0 Å². The summed E-state index contributed by atoms with van der Waals surface area (Å²) in [4.78, 5) is 29.4. The molecule has 0 spiro atoms. The minimum atomic E-state index is -0.353. The Labute approximate surface area is 148 Å². The van der Waals surface area contributed by atoms with E-state index in [4.69, 9.17) is 5.26 Å². The third-order valence-corrected chi connectivity index (χ3v) is 5.72. The third-order valence-electron chi connectivity index (χ3n) is 5.72. The van der Waals surface area contributed by atoms with Crippen molar-refractivity contribution in [3.8, 4) is 6.07 Å². The van der Waals surface area contributed by atoms with Gasteiger partial charge in [0.25, 0.3) is 5.56 Å². The van der Waals surface area contributed by atoms with Crippen molar-refractivity contribution in [2.45, 2.75) is 64.5 Å². The molecule has 2 saturated heterocycles. The van der Waals surface area contributed by atoms with Gasteiger partial charge in [-0.3, -0.25) is 14.5 Å². The van der Waals surface area contributed by atoms with Crippen LogP contribution in [-0.2, 0) is 11.2 Å². The van der Waals surface area contributed by atoms with Gasteiger partial charge >= 0.3 is 0 Å². The van der Waals surface area contributed by atoms with Crippen molar-refractivity contribution in [1.82, 2.24) is 15.2 Å². The Bertz CT molecular complexity index is 762. The fraction of sp³-hybridized carbons (Fsp3) is 0.632. The van der Waals surface area contributed by atoms with Crippen LogP contribution >= 0.6 is 0 Å². The van der Waals surface area contributed by atoms with Gasteiger partial charge in [-0.15, -0.1) is 0 Å². The van der Waals surface area contributed by atoms with Gasteiger partial charge < -0.3 is 10.3 Å². The van der Waals surface area contributed by atoms with E-state index in [0.29, 0.717) is 24.4 Å². The number of aromatic nitrogens is 1. The van der Waals surface area contributed by atoms with Crippen molar-refractivity contribution < 1.29 is 4.79 Å². The molecule has 0 aliphatic carbocycles. The van der Waals surface area contributed by atoms with E-state index < -0.39 is 0 Å². The first-order valence-electron chi connectivity index (χ1n) is 9.17. The number of hydrogen-bond acceptors (Lipinski definition) is 4. The van der Waals surface area contributed by atoms with Gasteiger partial charge in [0, 0.05) is 30.7 Å². The number of aromatic amines is 1. The molecule has 0 bridgehead atoms. The van der Waals surface area contributed by atoms with Crippen LogP contribution in [-0.4, -0.2) is 41.0 Å². The van der Waals surface area contributed by atoms with Crippen LogP contribution in [0, 0.1) is 25.2 Å². The lowest BCUT2D eigenvalue weighted by Crippen LogP contribution is -2.46. The van der Waals surface area contributed by atoms with Crippen LogP contribution in [0.15, 0.2) is 4.79 Å². The van der Waals surface area contributed by atoms with Crippen LogP contribution in [0.2, 0.25) is 0 Å². The predicted molar refractivity (Wildman–Crippen MR) is 95.3 cm³/mol. The Morgan fingerprint density at radius 1 is 1.32 bits per heavy atom. The number of amides is 1. The van der Waals surface area contributed by atoms with Gasteiger partial charge in [0.1, 0.15) is 11.6 Å². The summed E-state index contributed by atoms with van der Waals surface area (Å²) in [6.45, 7) is 5.84. The summed E-state index contributed by atoms with van der Waals surface area (Å²) < 4.78 is 0. The lowest BCUT2D eigenvalue weighted by molar-refractivity contribution is -0.122. The summed E-state index contributed by atoms with van der Waals surface area (Å²) in [6, 6.07) is 2.72. The van der Waals surface area contributed by atoms with Crippen molar-refractivity contribution in [3.63, 3.8) is 0 Å². The Morgan fingerprint density at radius 2 is 2.12 bits per heavy atom. The molecule has 2 fully saturated rings. The van der Waals surface area contributed by atoms with Gasteiger partial charge in [-0.1, -0.05) is 6.42 Å². The molecule has 25 heavy (non-hydrogen) atoms. The minimum absolute atomic E-state index is 0.0564. The Morgan fingerprint density at radius 3 is 2.88 bits per heavy atom. The first-order valence-corrected chi connectivity index (χ1v) is 9.17. The molecule has 134 valence electrons. The molecule has 1 aromatic heterocycles. The van der Waals surface area contributed by atoms with E-state index in [-0.39, 0.29) is 23.1 Å². The van der Waals surface area contributed by atoms with Gasteiger partial charge in [-0.25, -0.2) is 0 Å². The second-order valence-corrected chi connectivity index (χ2v) is 7.23. The van der Waals surface area contributed by atoms with Crippen molar-refractivity contribution in [2.75, 3.05) is 13.1 Å². The molecule has 3 heterocycles. The summed E-state index contributed by atoms with van der Waals surface area (Å²) in [6.07, 6.45) is 5.64. The second kappa shape index (κ2) is 7.40. The first kappa shape index (κ1) is 17.7. The van der Waals surface area contributed by atoms with Crippen molar-refractivity contribution in [2.24, 2.45) is 0 Å². The zero-order chi connectivity index (χ0) is 18.0. The number of carbonyl (C=O) groups excluding carboxylic acids is 1. The number of nitrogens with one attached hydrogen (secondary N) is 2. The van der Waals surface area contributed by atoms with Crippen molar-refractivity contribution in [1.29, 1.82) is 5.26 Å². The van der Waals surface area contributed by atoms with Gasteiger partial charge in [-0.05, 0) is 57.2 Å². The quantitative estimate of drug-likeness (QED) is 0.869. The maximum Gasteiger partial charge on any atom is 0.266 e. The highest BCUT2D eigenvalue weighted by Gasteiger charge is 2.36. The number of nitrogens with zero attached hydrogens (tertiary/aromatic N) is 2. The molecule has 0 aromatic carbocycles. The number of piperidine rings is 1. The number of aryl methyl sites for hydroxylation is 1. The van der Waals surface area contributed by atoms with Crippen LogP contribution in [0.25, 0.3) is 0 Å². The molecule has 2 unspecified atom stereocenters.